The smallest absolute Gasteiger partial charge is 0.252 e. The lowest BCUT2D eigenvalue weighted by Gasteiger charge is -2.53. The quantitative estimate of drug-likeness (QED) is 0.148. The minimum absolute atomic E-state index is 0.00403. The summed E-state index contributed by atoms with van der Waals surface area (Å²) in [7, 11) is 0. The summed E-state index contributed by atoms with van der Waals surface area (Å²) in [6.07, 6.45) is 4.73. The molecule has 3 aliphatic heterocycles. The molecular formula is C64H54BN3. The van der Waals surface area contributed by atoms with Crippen LogP contribution in [0.1, 0.15) is 56.2 Å². The molecule has 2 atom stereocenters. The van der Waals surface area contributed by atoms with Crippen LogP contribution in [0, 0.1) is 13.8 Å². The monoisotopic (exact) mass is 875 g/mol. The summed E-state index contributed by atoms with van der Waals surface area (Å²) < 4.78 is 0. The zero-order valence-corrected chi connectivity index (χ0v) is 39.4. The van der Waals surface area contributed by atoms with Crippen LogP contribution in [0.5, 0.6) is 0 Å². The van der Waals surface area contributed by atoms with Crippen molar-refractivity contribution in [3.8, 4) is 33.4 Å². The fraction of sp³-hybridized carbons (Fsp3) is 0.156. The topological polar surface area (TPSA) is 9.72 Å². The second-order valence-corrected chi connectivity index (χ2v) is 20.2. The minimum Gasteiger partial charge on any atom is -0.335 e. The SMILES string of the molecule is Cc1ccc(N(c2ccc(C)cc2)c2cc3c4c(c2)N2c5c(cc(-c6ccccc6)cc5C5(C)CCCCC25C)B4c2ccc(-c4ccccc4)cc2N3c2cccc(-c3ccccc3)c2)cc1. The molecule has 4 heteroatoms. The van der Waals surface area contributed by atoms with Crippen LogP contribution in [0.4, 0.5) is 45.5 Å². The van der Waals surface area contributed by atoms with Crippen LogP contribution in [0.25, 0.3) is 33.4 Å². The molecule has 1 saturated carbocycles. The Balaban J connectivity index is 1.17. The lowest BCUT2D eigenvalue weighted by molar-refractivity contribution is 0.195. The van der Waals surface area contributed by atoms with Crippen LogP contribution in [0.2, 0.25) is 0 Å². The molecular weight excluding hydrogens is 822 g/mol. The van der Waals surface area contributed by atoms with E-state index in [1.54, 1.807) is 0 Å². The van der Waals surface area contributed by atoms with Crippen molar-refractivity contribution in [2.24, 2.45) is 0 Å². The molecule has 9 aromatic rings. The summed E-state index contributed by atoms with van der Waals surface area (Å²) in [4.78, 5) is 7.97. The number of hydrogen-bond donors (Lipinski definition) is 0. The Hall–Kier alpha value is -7.56. The number of rotatable bonds is 7. The minimum atomic E-state index is -0.150. The van der Waals surface area contributed by atoms with Gasteiger partial charge in [-0.15, -0.1) is 0 Å². The molecule has 0 amide bonds. The van der Waals surface area contributed by atoms with Crippen LogP contribution < -0.4 is 31.1 Å². The standard InChI is InChI=1S/C64H54BN3/c1-43-25-30-51(31-26-43)66(52-32-27-44(2)28-33-52)54-41-59-61-60(42-54)68-62-55(63(3)35-14-15-36-64(63,68)4)38-50(47-21-12-7-13-22-47)39-57(62)65(61)56-34-29-49(46-19-10-6-11-20-46)40-58(56)67(59)53-24-16-23-48(37-53)45-17-8-5-9-18-45/h5-13,16-34,37-42H,14-15,35-36H2,1-4H3. The zero-order chi connectivity index (χ0) is 45.7. The average Bonchev–Trinajstić information content (AvgIpc) is 3.60. The molecule has 2 unspecified atom stereocenters. The first kappa shape index (κ1) is 40.7. The Labute approximate surface area is 402 Å². The van der Waals surface area contributed by atoms with Crippen LogP contribution in [-0.4, -0.2) is 12.3 Å². The molecule has 3 nitrogen and oxygen atoms in total. The Morgan fingerprint density at radius 1 is 0.441 bits per heavy atom. The normalized spacial score (nSPS) is 18.4. The molecule has 328 valence electrons. The zero-order valence-electron chi connectivity index (χ0n) is 39.4. The van der Waals surface area contributed by atoms with Gasteiger partial charge < -0.3 is 14.7 Å². The number of aryl methyl sites for hydroxylation is 2. The van der Waals surface area contributed by atoms with Crippen molar-refractivity contribution in [2.45, 2.75) is 64.3 Å². The first-order valence-corrected chi connectivity index (χ1v) is 24.6. The van der Waals surface area contributed by atoms with Gasteiger partial charge in [0.15, 0.2) is 0 Å². The second-order valence-electron chi connectivity index (χ2n) is 20.2. The summed E-state index contributed by atoms with van der Waals surface area (Å²) in [6, 6.07) is 77.8. The Bertz CT molecular complexity index is 3360. The van der Waals surface area contributed by atoms with Crippen molar-refractivity contribution in [3.63, 3.8) is 0 Å². The van der Waals surface area contributed by atoms with E-state index in [0.29, 0.717) is 0 Å². The van der Waals surface area contributed by atoms with E-state index in [0.717, 1.165) is 35.6 Å². The maximum atomic E-state index is 2.87. The van der Waals surface area contributed by atoms with Gasteiger partial charge >= 0.3 is 0 Å². The molecule has 0 spiro atoms. The molecule has 68 heavy (non-hydrogen) atoms. The van der Waals surface area contributed by atoms with E-state index in [1.807, 2.05) is 0 Å². The van der Waals surface area contributed by atoms with Crippen molar-refractivity contribution < 1.29 is 0 Å². The molecule has 4 aliphatic rings. The summed E-state index contributed by atoms with van der Waals surface area (Å²) >= 11 is 0. The highest BCUT2D eigenvalue weighted by molar-refractivity contribution is 7.00. The molecule has 0 radical (unpaired) electrons. The molecule has 0 N–H and O–H groups in total. The lowest BCUT2D eigenvalue weighted by Crippen LogP contribution is -2.64. The molecule has 0 bridgehead atoms. The van der Waals surface area contributed by atoms with Crippen molar-refractivity contribution in [2.75, 3.05) is 14.7 Å². The van der Waals surface area contributed by atoms with Crippen molar-refractivity contribution in [3.05, 3.63) is 223 Å². The van der Waals surface area contributed by atoms with Gasteiger partial charge in [-0.25, -0.2) is 0 Å². The van der Waals surface area contributed by atoms with Crippen LogP contribution >= 0.6 is 0 Å². The van der Waals surface area contributed by atoms with Crippen LogP contribution in [-0.2, 0) is 5.41 Å². The maximum absolute atomic E-state index is 2.87. The Kier molecular flexibility index (Phi) is 9.28. The highest BCUT2D eigenvalue weighted by Crippen LogP contribution is 2.63. The van der Waals surface area contributed by atoms with Crippen LogP contribution in [0.3, 0.4) is 0 Å². The molecule has 13 rings (SSSR count). The van der Waals surface area contributed by atoms with Gasteiger partial charge in [-0.2, -0.15) is 0 Å². The Morgan fingerprint density at radius 3 is 1.63 bits per heavy atom. The van der Waals surface area contributed by atoms with E-state index in [9.17, 15) is 0 Å². The van der Waals surface area contributed by atoms with Crippen molar-refractivity contribution in [1.82, 2.24) is 0 Å². The molecule has 1 fully saturated rings. The molecule has 0 aromatic heterocycles. The van der Waals surface area contributed by atoms with E-state index in [2.05, 4.69) is 249 Å². The number of hydrogen-bond acceptors (Lipinski definition) is 3. The van der Waals surface area contributed by atoms with Gasteiger partial charge in [-0.1, -0.05) is 176 Å². The second kappa shape index (κ2) is 15.5. The average molecular weight is 876 g/mol. The highest BCUT2D eigenvalue weighted by atomic mass is 15.3. The summed E-state index contributed by atoms with van der Waals surface area (Å²) in [5, 5.41) is 0. The highest BCUT2D eigenvalue weighted by Gasteiger charge is 2.61. The van der Waals surface area contributed by atoms with Crippen LogP contribution in [0.15, 0.2) is 206 Å². The van der Waals surface area contributed by atoms with Gasteiger partial charge in [0, 0.05) is 45.2 Å². The molecule has 3 heterocycles. The van der Waals surface area contributed by atoms with Gasteiger partial charge in [0.2, 0.25) is 0 Å². The third kappa shape index (κ3) is 6.13. The van der Waals surface area contributed by atoms with E-state index in [4.69, 9.17) is 0 Å². The lowest BCUT2D eigenvalue weighted by atomic mass is 9.33. The van der Waals surface area contributed by atoms with Gasteiger partial charge in [0.25, 0.3) is 6.71 Å². The fourth-order valence-electron chi connectivity index (χ4n) is 12.6. The number of benzene rings is 9. The first-order chi connectivity index (χ1) is 33.3. The van der Waals surface area contributed by atoms with E-state index < -0.39 is 0 Å². The predicted molar refractivity (Wildman–Crippen MR) is 289 cm³/mol. The first-order valence-electron chi connectivity index (χ1n) is 24.6. The number of fused-ring (bicyclic) bond motifs is 7. The number of nitrogens with zero attached hydrogens (tertiary/aromatic N) is 3. The summed E-state index contributed by atoms with van der Waals surface area (Å²) in [6.45, 7) is 9.55. The van der Waals surface area contributed by atoms with Gasteiger partial charge in [0.05, 0.1) is 11.2 Å². The third-order valence-corrected chi connectivity index (χ3v) is 16.3. The van der Waals surface area contributed by atoms with E-state index in [1.165, 1.54) is 102 Å². The summed E-state index contributed by atoms with van der Waals surface area (Å²) in [5.74, 6) is 0. The fourth-order valence-corrected chi connectivity index (χ4v) is 12.6. The molecule has 1 aliphatic carbocycles. The largest absolute Gasteiger partial charge is 0.335 e. The Morgan fingerprint density at radius 2 is 1.00 bits per heavy atom. The maximum Gasteiger partial charge on any atom is 0.252 e. The van der Waals surface area contributed by atoms with Crippen molar-refractivity contribution in [1.29, 1.82) is 0 Å². The van der Waals surface area contributed by atoms with E-state index in [-0.39, 0.29) is 17.7 Å². The third-order valence-electron chi connectivity index (χ3n) is 16.3. The van der Waals surface area contributed by atoms with Gasteiger partial charge in [-0.3, -0.25) is 0 Å². The van der Waals surface area contributed by atoms with Gasteiger partial charge in [0.1, 0.15) is 0 Å². The molecule has 9 aromatic carbocycles. The van der Waals surface area contributed by atoms with Crippen molar-refractivity contribution >= 4 is 68.6 Å². The number of anilines is 8. The van der Waals surface area contributed by atoms with Gasteiger partial charge in [-0.05, 0) is 150 Å². The molecule has 0 saturated heterocycles. The summed E-state index contributed by atoms with van der Waals surface area (Å²) in [5.41, 5.74) is 25.1. The van der Waals surface area contributed by atoms with E-state index >= 15 is 0 Å². The predicted octanol–water partition coefficient (Wildman–Crippen LogP) is 15.1.